The third-order valence-electron chi connectivity index (χ3n) is 4.39. The molecule has 0 aliphatic rings. The summed E-state index contributed by atoms with van der Waals surface area (Å²) in [6, 6.07) is 5.04. The van der Waals surface area contributed by atoms with E-state index >= 15 is 0 Å². The number of nitrogen functional groups attached to an aromatic ring is 1. The van der Waals surface area contributed by atoms with Gasteiger partial charge in [-0.1, -0.05) is 13.0 Å². The van der Waals surface area contributed by atoms with Crippen LogP contribution in [0.5, 0.6) is 0 Å². The lowest BCUT2D eigenvalue weighted by Crippen LogP contribution is -2.43. The zero-order valence-corrected chi connectivity index (χ0v) is 15.9. The fraction of sp³-hybridized carbons (Fsp3) is 0.368. The molecule has 0 amide bonds. The molecule has 0 aliphatic heterocycles. The number of nitrogens with two attached hydrogens (primary N) is 1. The van der Waals surface area contributed by atoms with E-state index in [-0.39, 0.29) is 17.9 Å². The van der Waals surface area contributed by atoms with Crippen molar-refractivity contribution in [3.63, 3.8) is 0 Å². The topological polar surface area (TPSA) is 113 Å². The third kappa shape index (κ3) is 3.99. The van der Waals surface area contributed by atoms with Crippen molar-refractivity contribution in [1.82, 2.24) is 9.13 Å². The van der Waals surface area contributed by atoms with Crippen molar-refractivity contribution in [2.45, 2.75) is 33.7 Å². The molecular formula is C19H23N3O5. The highest BCUT2D eigenvalue weighted by Gasteiger charge is 2.22. The van der Waals surface area contributed by atoms with Crippen LogP contribution in [-0.2, 0) is 18.3 Å². The minimum atomic E-state index is -0.808. The summed E-state index contributed by atoms with van der Waals surface area (Å²) < 4.78 is 7.03. The summed E-state index contributed by atoms with van der Waals surface area (Å²) in [5.74, 6) is -1.64. The number of hydrogen-bond donors (Lipinski definition) is 1. The third-order valence-corrected chi connectivity index (χ3v) is 4.39. The van der Waals surface area contributed by atoms with Crippen molar-refractivity contribution >= 4 is 17.6 Å². The van der Waals surface area contributed by atoms with Crippen LogP contribution in [0.3, 0.4) is 0 Å². The van der Waals surface area contributed by atoms with Crippen LogP contribution < -0.4 is 17.0 Å². The molecule has 8 heteroatoms. The molecule has 2 aromatic rings. The van der Waals surface area contributed by atoms with Crippen LogP contribution >= 0.6 is 0 Å². The second-order valence-electron chi connectivity index (χ2n) is 6.36. The molecule has 27 heavy (non-hydrogen) atoms. The first-order valence-corrected chi connectivity index (χ1v) is 8.55. The first-order chi connectivity index (χ1) is 12.7. The van der Waals surface area contributed by atoms with Gasteiger partial charge in [0.15, 0.2) is 6.61 Å². The fourth-order valence-electron chi connectivity index (χ4n) is 2.64. The van der Waals surface area contributed by atoms with Crippen LogP contribution in [-0.4, -0.2) is 27.5 Å². The maximum atomic E-state index is 12.5. The van der Waals surface area contributed by atoms with E-state index in [4.69, 9.17) is 10.5 Å². The summed E-state index contributed by atoms with van der Waals surface area (Å²) in [4.78, 5) is 49.1. The number of ketones is 1. The van der Waals surface area contributed by atoms with E-state index in [9.17, 15) is 19.2 Å². The fourth-order valence-corrected chi connectivity index (χ4v) is 2.64. The maximum absolute atomic E-state index is 12.5. The Labute approximate surface area is 156 Å². The predicted molar refractivity (Wildman–Crippen MR) is 101 cm³/mol. The van der Waals surface area contributed by atoms with Gasteiger partial charge in [0.2, 0.25) is 5.78 Å². The summed E-state index contributed by atoms with van der Waals surface area (Å²) in [7, 11) is 1.27. The van der Waals surface area contributed by atoms with Crippen molar-refractivity contribution in [1.29, 1.82) is 0 Å². The molecule has 0 spiro atoms. The highest BCUT2D eigenvalue weighted by atomic mass is 16.5. The summed E-state index contributed by atoms with van der Waals surface area (Å²) in [5.41, 5.74) is 6.38. The molecule has 0 fully saturated rings. The number of ether oxygens (including phenoxy) is 1. The van der Waals surface area contributed by atoms with Crippen molar-refractivity contribution in [2.24, 2.45) is 7.05 Å². The largest absolute Gasteiger partial charge is 0.454 e. The molecule has 144 valence electrons. The second-order valence-corrected chi connectivity index (χ2v) is 6.36. The molecule has 0 saturated heterocycles. The van der Waals surface area contributed by atoms with Gasteiger partial charge < -0.3 is 10.5 Å². The Balaban J connectivity index is 2.28. The summed E-state index contributed by atoms with van der Waals surface area (Å²) in [5, 5.41) is 0. The minimum Gasteiger partial charge on any atom is -0.454 e. The molecule has 1 heterocycles. The highest BCUT2D eigenvalue weighted by Crippen LogP contribution is 2.12. The lowest BCUT2D eigenvalue weighted by Gasteiger charge is -2.14. The molecule has 0 radical (unpaired) electrons. The second kappa shape index (κ2) is 8.03. The summed E-state index contributed by atoms with van der Waals surface area (Å²) in [6.07, 6.45) is 0.595. The first-order valence-electron chi connectivity index (χ1n) is 8.55. The molecule has 0 bridgehead atoms. The van der Waals surface area contributed by atoms with Crippen LogP contribution in [0.25, 0.3) is 0 Å². The minimum absolute atomic E-state index is 0.211. The predicted octanol–water partition coefficient (Wildman–Crippen LogP) is 1.20. The number of rotatable bonds is 6. The number of carbonyl (C=O) groups is 2. The Morgan fingerprint density at radius 2 is 1.81 bits per heavy atom. The standard InChI is InChI=1S/C19H23N3O5/c1-5-8-22-16(20)15(17(24)21(4)19(22)26)14(23)10-27-18(25)13-7-6-11(2)12(3)9-13/h6-7,9H,5,8,10,20H2,1-4H3. The summed E-state index contributed by atoms with van der Waals surface area (Å²) >= 11 is 0. The van der Waals surface area contributed by atoms with Crippen LogP contribution in [0.2, 0.25) is 0 Å². The van der Waals surface area contributed by atoms with Gasteiger partial charge in [0, 0.05) is 13.6 Å². The van der Waals surface area contributed by atoms with Gasteiger partial charge in [-0.15, -0.1) is 0 Å². The lowest BCUT2D eigenvalue weighted by molar-refractivity contribution is 0.0474. The number of esters is 1. The van der Waals surface area contributed by atoms with Gasteiger partial charge >= 0.3 is 11.7 Å². The number of aromatic nitrogens is 2. The Morgan fingerprint density at radius 3 is 2.41 bits per heavy atom. The van der Waals surface area contributed by atoms with E-state index in [0.29, 0.717) is 12.0 Å². The van der Waals surface area contributed by atoms with Gasteiger partial charge in [-0.25, -0.2) is 9.59 Å². The molecule has 0 atom stereocenters. The van der Waals surface area contributed by atoms with Crippen molar-refractivity contribution < 1.29 is 14.3 Å². The highest BCUT2D eigenvalue weighted by molar-refractivity contribution is 6.02. The average Bonchev–Trinajstić information content (AvgIpc) is 2.64. The van der Waals surface area contributed by atoms with Crippen molar-refractivity contribution in [3.8, 4) is 0 Å². The van der Waals surface area contributed by atoms with Gasteiger partial charge in [0.05, 0.1) is 5.56 Å². The monoisotopic (exact) mass is 373 g/mol. The molecule has 2 N–H and O–H groups in total. The molecular weight excluding hydrogens is 350 g/mol. The molecule has 0 aliphatic carbocycles. The van der Waals surface area contributed by atoms with Crippen LogP contribution in [0.4, 0.5) is 5.82 Å². The average molecular weight is 373 g/mol. The van der Waals surface area contributed by atoms with Crippen LogP contribution in [0, 0.1) is 13.8 Å². The molecule has 0 saturated carbocycles. The van der Waals surface area contributed by atoms with E-state index in [2.05, 4.69) is 0 Å². The zero-order chi connectivity index (χ0) is 20.3. The number of anilines is 1. The van der Waals surface area contributed by atoms with Crippen LogP contribution in [0.1, 0.15) is 45.2 Å². The number of aryl methyl sites for hydroxylation is 2. The summed E-state index contributed by atoms with van der Waals surface area (Å²) in [6.45, 7) is 5.23. The number of Topliss-reactive ketones (excluding diaryl/α,β-unsaturated/α-hetero) is 1. The van der Waals surface area contributed by atoms with Crippen LogP contribution in [0.15, 0.2) is 27.8 Å². The number of benzene rings is 1. The smallest absolute Gasteiger partial charge is 0.338 e. The normalized spacial score (nSPS) is 10.7. The zero-order valence-electron chi connectivity index (χ0n) is 15.9. The molecule has 1 aromatic heterocycles. The van der Waals surface area contributed by atoms with Crippen molar-refractivity contribution in [2.75, 3.05) is 12.3 Å². The van der Waals surface area contributed by atoms with Gasteiger partial charge in [0.25, 0.3) is 5.56 Å². The van der Waals surface area contributed by atoms with Gasteiger partial charge in [0.1, 0.15) is 11.4 Å². The Kier molecular flexibility index (Phi) is 5.99. The maximum Gasteiger partial charge on any atom is 0.338 e. The lowest BCUT2D eigenvalue weighted by atomic mass is 10.1. The number of hydrogen-bond acceptors (Lipinski definition) is 6. The van der Waals surface area contributed by atoms with E-state index in [1.807, 2.05) is 20.8 Å². The van der Waals surface area contributed by atoms with Gasteiger partial charge in [-0.3, -0.25) is 18.7 Å². The molecule has 2 rings (SSSR count). The van der Waals surface area contributed by atoms with Gasteiger partial charge in [-0.05, 0) is 43.5 Å². The quantitative estimate of drug-likeness (QED) is 0.601. The SMILES string of the molecule is CCCn1c(N)c(C(=O)COC(=O)c2ccc(C)c(C)c2)c(=O)n(C)c1=O. The Morgan fingerprint density at radius 1 is 1.15 bits per heavy atom. The van der Waals surface area contributed by atoms with E-state index in [0.717, 1.165) is 15.7 Å². The molecule has 8 nitrogen and oxygen atoms in total. The number of nitrogens with zero attached hydrogens (tertiary/aromatic N) is 2. The first kappa shape index (κ1) is 20.2. The molecule has 0 unspecified atom stereocenters. The Hall–Kier alpha value is -3.16. The van der Waals surface area contributed by atoms with E-state index in [1.54, 1.807) is 18.2 Å². The van der Waals surface area contributed by atoms with Gasteiger partial charge in [-0.2, -0.15) is 0 Å². The number of carbonyl (C=O) groups excluding carboxylic acids is 2. The van der Waals surface area contributed by atoms with Crippen molar-refractivity contribution in [3.05, 3.63) is 61.3 Å². The molecule has 1 aromatic carbocycles. The Bertz CT molecular complexity index is 1020. The van der Waals surface area contributed by atoms with E-state index < -0.39 is 29.6 Å². The van der Waals surface area contributed by atoms with E-state index in [1.165, 1.54) is 11.6 Å².